The van der Waals surface area contributed by atoms with Crippen LogP contribution in [0.3, 0.4) is 0 Å². The maximum absolute atomic E-state index is 10.4. The second-order valence-corrected chi connectivity index (χ2v) is 2.67. The Balaban J connectivity index is 0.00000112. The third-order valence-corrected chi connectivity index (χ3v) is 1.73. The van der Waals surface area contributed by atoms with Crippen LogP contribution in [0.1, 0.15) is 10.5 Å². The second-order valence-electron chi connectivity index (χ2n) is 2.67. The van der Waals surface area contributed by atoms with Gasteiger partial charge in [0.05, 0.1) is 17.4 Å². The van der Waals surface area contributed by atoms with E-state index in [9.17, 15) is 9.90 Å². The molecule has 0 bridgehead atoms. The van der Waals surface area contributed by atoms with Crippen LogP contribution in [0.25, 0.3) is 11.4 Å². The van der Waals surface area contributed by atoms with E-state index < -0.39 is 5.97 Å². The molecule has 0 saturated heterocycles. The topological polar surface area (TPSA) is 81.7 Å². The van der Waals surface area contributed by atoms with Crippen LogP contribution in [0.15, 0.2) is 30.5 Å². The average Bonchev–Trinajstić information content (AvgIpc) is 2.68. The molecule has 15 heavy (non-hydrogen) atoms. The van der Waals surface area contributed by atoms with Gasteiger partial charge in [0, 0.05) is 6.20 Å². The summed E-state index contributed by atoms with van der Waals surface area (Å²) in [6, 6.07) is 6.73. The van der Waals surface area contributed by atoms with Gasteiger partial charge in [0.1, 0.15) is 5.69 Å². The van der Waals surface area contributed by atoms with Crippen molar-refractivity contribution in [1.82, 2.24) is 15.2 Å². The molecule has 2 heterocycles. The summed E-state index contributed by atoms with van der Waals surface area (Å²) in [5.41, 5.74) is 1.09. The zero-order chi connectivity index (χ0) is 9.97. The average molecular weight is 195 g/mol. The van der Waals surface area contributed by atoms with Gasteiger partial charge in [0.2, 0.25) is 0 Å². The Bertz CT molecular complexity index is 455. The smallest absolute Gasteiger partial charge is 0.543 e. The first kappa shape index (κ1) is 11.5. The minimum Gasteiger partial charge on any atom is -0.543 e. The van der Waals surface area contributed by atoms with Crippen molar-refractivity contribution >= 4 is 5.97 Å². The van der Waals surface area contributed by atoms with Crippen molar-refractivity contribution in [3.8, 4) is 11.4 Å². The zero-order valence-electron chi connectivity index (χ0n) is 8.10. The van der Waals surface area contributed by atoms with E-state index in [0.717, 1.165) is 0 Å². The Hall–Kier alpha value is -1.57. The summed E-state index contributed by atoms with van der Waals surface area (Å²) in [6.45, 7) is 0. The summed E-state index contributed by atoms with van der Waals surface area (Å²) in [6.07, 6.45) is 1.62. The summed E-state index contributed by atoms with van der Waals surface area (Å²) in [5, 5.41) is 16.6. The number of carboxylic acids is 1. The van der Waals surface area contributed by atoms with E-state index in [2.05, 4.69) is 15.2 Å². The summed E-state index contributed by atoms with van der Waals surface area (Å²) in [7, 11) is 0. The molecule has 0 spiro atoms. The fraction of sp³-hybridized carbons (Fsp3) is 0. The normalized spacial score (nSPS) is 9.33. The minimum atomic E-state index is -1.30. The van der Waals surface area contributed by atoms with Gasteiger partial charge in [-0.15, -0.1) is 0 Å². The van der Waals surface area contributed by atoms with Crippen molar-refractivity contribution < 1.29 is 28.8 Å². The molecule has 5 nitrogen and oxygen atoms in total. The van der Waals surface area contributed by atoms with Gasteiger partial charge in [-0.3, -0.25) is 10.1 Å². The van der Waals surface area contributed by atoms with Crippen molar-refractivity contribution in [3.63, 3.8) is 0 Å². The molecule has 0 aliphatic rings. The standard InChI is InChI=1S/C9H7N3O2.Li/c13-9(14)8-5-7(11-12-8)6-3-1-2-4-10-6;/h1-5H,(H,11,12)(H,13,14);/q;+1/p-1. The molecule has 2 rings (SSSR count). The Kier molecular flexibility index (Phi) is 3.66. The number of pyridine rings is 1. The second kappa shape index (κ2) is 4.78. The molecule has 6 heteroatoms. The number of nitrogens with zero attached hydrogens (tertiary/aromatic N) is 2. The number of hydrogen-bond acceptors (Lipinski definition) is 4. The van der Waals surface area contributed by atoms with E-state index in [1.165, 1.54) is 6.07 Å². The number of aromatic carboxylic acids is 1. The Morgan fingerprint density at radius 2 is 2.20 bits per heavy atom. The van der Waals surface area contributed by atoms with Crippen LogP contribution in [-0.2, 0) is 0 Å². The minimum absolute atomic E-state index is 0. The molecule has 70 valence electrons. The van der Waals surface area contributed by atoms with Crippen LogP contribution in [0.4, 0.5) is 0 Å². The maximum atomic E-state index is 10.4. The van der Waals surface area contributed by atoms with Crippen LogP contribution in [0.5, 0.6) is 0 Å². The molecule has 1 N–H and O–H groups in total. The first-order valence-corrected chi connectivity index (χ1v) is 3.95. The Morgan fingerprint density at radius 1 is 1.40 bits per heavy atom. The molecule has 2 aromatic rings. The zero-order valence-corrected chi connectivity index (χ0v) is 8.10. The predicted octanol–water partition coefficient (Wildman–Crippen LogP) is -3.16. The number of aromatic nitrogens is 3. The van der Waals surface area contributed by atoms with Crippen LogP contribution in [0, 0.1) is 0 Å². The molecule has 0 radical (unpaired) electrons. The predicted molar refractivity (Wildman–Crippen MR) is 46.1 cm³/mol. The number of carbonyl (C=O) groups is 1. The largest absolute Gasteiger partial charge is 1.00 e. The van der Waals surface area contributed by atoms with E-state index in [0.29, 0.717) is 11.4 Å². The van der Waals surface area contributed by atoms with Gasteiger partial charge in [-0.1, -0.05) is 6.07 Å². The van der Waals surface area contributed by atoms with Gasteiger partial charge >= 0.3 is 18.9 Å². The summed E-state index contributed by atoms with van der Waals surface area (Å²) in [4.78, 5) is 14.5. The molecule has 0 atom stereocenters. The number of carbonyl (C=O) groups excluding carboxylic acids is 1. The molecule has 0 aliphatic carbocycles. The molecule has 0 aromatic carbocycles. The number of hydrogen-bond donors (Lipinski definition) is 1. The molecule has 0 saturated carbocycles. The quantitative estimate of drug-likeness (QED) is 0.513. The van der Waals surface area contributed by atoms with Gasteiger partial charge in [0.25, 0.3) is 0 Å². The summed E-state index contributed by atoms with van der Waals surface area (Å²) in [5.74, 6) is -1.30. The first-order chi connectivity index (χ1) is 6.77. The van der Waals surface area contributed by atoms with Gasteiger partial charge in [0.15, 0.2) is 0 Å². The van der Waals surface area contributed by atoms with Crippen LogP contribution in [0.2, 0.25) is 0 Å². The van der Waals surface area contributed by atoms with Gasteiger partial charge in [-0.2, -0.15) is 5.10 Å². The number of H-pyrrole nitrogens is 1. The first-order valence-electron chi connectivity index (χ1n) is 3.95. The molecule has 2 aromatic heterocycles. The number of nitrogens with one attached hydrogen (secondary N) is 1. The van der Waals surface area contributed by atoms with Crippen LogP contribution in [-0.4, -0.2) is 21.2 Å². The number of aromatic amines is 1. The van der Waals surface area contributed by atoms with E-state index >= 15 is 0 Å². The summed E-state index contributed by atoms with van der Waals surface area (Å²) < 4.78 is 0. The molecule has 0 aliphatic heterocycles. The molecule has 0 unspecified atom stereocenters. The van der Waals surface area contributed by atoms with Gasteiger partial charge in [-0.25, -0.2) is 0 Å². The van der Waals surface area contributed by atoms with Crippen LogP contribution >= 0.6 is 0 Å². The van der Waals surface area contributed by atoms with Crippen molar-refractivity contribution in [2.24, 2.45) is 0 Å². The van der Waals surface area contributed by atoms with Crippen molar-refractivity contribution in [2.75, 3.05) is 0 Å². The van der Waals surface area contributed by atoms with E-state index in [1.54, 1.807) is 18.3 Å². The van der Waals surface area contributed by atoms with Crippen molar-refractivity contribution in [1.29, 1.82) is 0 Å². The van der Waals surface area contributed by atoms with Gasteiger partial charge in [-0.05, 0) is 18.2 Å². The fourth-order valence-corrected chi connectivity index (χ4v) is 1.08. The molecule has 0 amide bonds. The van der Waals surface area contributed by atoms with Crippen LogP contribution < -0.4 is 24.0 Å². The molecule has 0 fully saturated rings. The third kappa shape index (κ3) is 2.46. The molecular weight excluding hydrogens is 189 g/mol. The van der Waals surface area contributed by atoms with E-state index in [-0.39, 0.29) is 24.6 Å². The van der Waals surface area contributed by atoms with E-state index in [1.807, 2.05) is 6.07 Å². The summed E-state index contributed by atoms with van der Waals surface area (Å²) >= 11 is 0. The van der Waals surface area contributed by atoms with Gasteiger partial charge < -0.3 is 9.90 Å². The van der Waals surface area contributed by atoms with E-state index in [4.69, 9.17) is 0 Å². The number of rotatable bonds is 2. The monoisotopic (exact) mass is 195 g/mol. The fourth-order valence-electron chi connectivity index (χ4n) is 1.08. The maximum Gasteiger partial charge on any atom is 1.00 e. The van der Waals surface area contributed by atoms with Crippen molar-refractivity contribution in [3.05, 3.63) is 36.2 Å². The Morgan fingerprint density at radius 3 is 2.73 bits per heavy atom. The SMILES string of the molecule is O=C([O-])c1cc(-c2ccccn2)[nH]n1.[Li+]. The Labute approximate surface area is 97.7 Å². The van der Waals surface area contributed by atoms with Crippen molar-refractivity contribution in [2.45, 2.75) is 0 Å². The number of carboxylic acid groups (broad SMARTS) is 1. The molecular formula is C9H6LiN3O2. The third-order valence-electron chi connectivity index (χ3n) is 1.73.